The number of nitrogens with one attached hydrogen (secondary N) is 3. The van der Waals surface area contributed by atoms with Crippen molar-refractivity contribution in [1.82, 2.24) is 20.2 Å². The Hall–Kier alpha value is -2.56. The van der Waals surface area contributed by atoms with Gasteiger partial charge in [0.05, 0.1) is 10.6 Å². The van der Waals surface area contributed by atoms with Crippen LogP contribution in [0, 0.1) is 0 Å². The lowest BCUT2D eigenvalue weighted by molar-refractivity contribution is 1.03. The van der Waals surface area contributed by atoms with E-state index < -0.39 is 0 Å². The number of hydrogen-bond donors (Lipinski definition) is 3. The molecule has 0 atom stereocenters. The number of aromatic nitrogens is 4. The van der Waals surface area contributed by atoms with Gasteiger partial charge in [-0.15, -0.1) is 0 Å². The van der Waals surface area contributed by atoms with Crippen LogP contribution < -0.4 is 16.1 Å². The van der Waals surface area contributed by atoms with E-state index in [0.29, 0.717) is 5.22 Å². The van der Waals surface area contributed by atoms with Gasteiger partial charge in [-0.05, 0) is 24.6 Å². The second kappa shape index (κ2) is 4.61. The van der Waals surface area contributed by atoms with Gasteiger partial charge < -0.3 is 4.98 Å². The molecule has 3 N–H and O–H groups in total. The van der Waals surface area contributed by atoms with Crippen molar-refractivity contribution in [3.8, 4) is 0 Å². The van der Waals surface area contributed by atoms with Crippen LogP contribution >= 0.6 is 0 Å². The zero-order chi connectivity index (χ0) is 13.2. The van der Waals surface area contributed by atoms with Crippen molar-refractivity contribution in [2.45, 2.75) is 13.3 Å². The summed E-state index contributed by atoms with van der Waals surface area (Å²) in [5.74, 6) is 0. The second-order valence-electron chi connectivity index (χ2n) is 4.31. The smallest absolute Gasteiger partial charge is 0.271 e. The Morgan fingerprint density at radius 3 is 3.11 bits per heavy atom. The topological polar surface area (TPSA) is 77.3 Å². The van der Waals surface area contributed by atoms with Crippen molar-refractivity contribution in [1.29, 1.82) is 0 Å². The van der Waals surface area contributed by atoms with Crippen molar-refractivity contribution in [2.24, 2.45) is 0 Å². The van der Waals surface area contributed by atoms with Crippen LogP contribution in [0.1, 0.15) is 18.9 Å². The second-order valence-corrected chi connectivity index (χ2v) is 4.31. The molecule has 0 saturated heterocycles. The number of pyridine rings is 1. The van der Waals surface area contributed by atoms with E-state index in [1.165, 1.54) is 0 Å². The zero-order valence-electron chi connectivity index (χ0n) is 10.5. The van der Waals surface area contributed by atoms with E-state index in [1.54, 1.807) is 6.20 Å². The first-order valence-corrected chi connectivity index (χ1v) is 6.20. The van der Waals surface area contributed by atoms with Crippen LogP contribution in [0.4, 0.5) is 0 Å². The molecule has 3 rings (SSSR count). The molecule has 19 heavy (non-hydrogen) atoms. The molecule has 96 valence electrons. The fraction of sp³-hybridized carbons (Fsp3) is 0.143. The number of hydrogen-bond acceptors (Lipinski definition) is 2. The third-order valence-electron chi connectivity index (χ3n) is 3.04. The molecule has 0 bridgehead atoms. The van der Waals surface area contributed by atoms with E-state index >= 15 is 0 Å². The Kier molecular flexibility index (Phi) is 2.79. The predicted molar refractivity (Wildman–Crippen MR) is 75.1 cm³/mol. The molecule has 0 spiro atoms. The number of nitrogens with zero attached hydrogens (tertiary/aromatic N) is 1. The van der Waals surface area contributed by atoms with E-state index in [2.05, 4.69) is 20.2 Å². The third kappa shape index (κ3) is 1.99. The Balaban J connectivity index is 2.30. The van der Waals surface area contributed by atoms with Gasteiger partial charge in [-0.25, -0.2) is 4.98 Å². The fourth-order valence-corrected chi connectivity index (χ4v) is 2.14. The monoisotopic (exact) mass is 254 g/mol. The standard InChI is InChI=1S/C14H14N4O/c1-2-4-12-11(14(19)18-17-12)7-9-8-16-13-10(9)5-3-6-15-13/h3-8,17H,2H2,1H3,(H,15,16)(H,18,19). The molecule has 0 unspecified atom stereocenters. The van der Waals surface area contributed by atoms with E-state index in [4.69, 9.17) is 0 Å². The zero-order valence-corrected chi connectivity index (χ0v) is 10.5. The van der Waals surface area contributed by atoms with Gasteiger partial charge in [-0.3, -0.25) is 15.0 Å². The van der Waals surface area contributed by atoms with E-state index in [1.807, 2.05) is 37.4 Å². The number of H-pyrrole nitrogens is 3. The van der Waals surface area contributed by atoms with Crippen LogP contribution in [0.5, 0.6) is 0 Å². The molecule has 0 aliphatic heterocycles. The van der Waals surface area contributed by atoms with Gasteiger partial charge in [0.1, 0.15) is 5.65 Å². The number of rotatable bonds is 2. The molecule has 0 amide bonds. The molecule has 3 heterocycles. The van der Waals surface area contributed by atoms with E-state index in [-0.39, 0.29) is 5.56 Å². The summed E-state index contributed by atoms with van der Waals surface area (Å²) < 4.78 is 0. The van der Waals surface area contributed by atoms with Crippen LogP contribution in [0.3, 0.4) is 0 Å². The molecular weight excluding hydrogens is 240 g/mol. The van der Waals surface area contributed by atoms with E-state index in [0.717, 1.165) is 28.4 Å². The maximum Gasteiger partial charge on any atom is 0.271 e. The molecular formula is C14H14N4O. The van der Waals surface area contributed by atoms with Gasteiger partial charge in [-0.2, -0.15) is 0 Å². The van der Waals surface area contributed by atoms with Crippen molar-refractivity contribution in [3.05, 3.63) is 51.0 Å². The summed E-state index contributed by atoms with van der Waals surface area (Å²) in [4.78, 5) is 19.1. The lowest BCUT2D eigenvalue weighted by Crippen LogP contribution is -2.33. The highest BCUT2D eigenvalue weighted by atomic mass is 16.1. The van der Waals surface area contributed by atoms with Gasteiger partial charge in [0, 0.05) is 23.3 Å². The third-order valence-corrected chi connectivity index (χ3v) is 3.04. The molecule has 0 aliphatic carbocycles. The number of aromatic amines is 3. The SMILES string of the molecule is CCC=c1[nH][nH]c(=O)c1=Cc1c[nH]c2ncccc12. The maximum absolute atomic E-state index is 11.8. The molecule has 3 aromatic heterocycles. The van der Waals surface area contributed by atoms with Crippen LogP contribution in [0.2, 0.25) is 0 Å². The Morgan fingerprint density at radius 2 is 2.26 bits per heavy atom. The van der Waals surface area contributed by atoms with Crippen LogP contribution in [-0.4, -0.2) is 20.2 Å². The minimum Gasteiger partial charge on any atom is -0.346 e. The van der Waals surface area contributed by atoms with Gasteiger partial charge in [0.2, 0.25) is 0 Å². The van der Waals surface area contributed by atoms with Crippen LogP contribution in [0.25, 0.3) is 23.2 Å². The molecule has 5 nitrogen and oxygen atoms in total. The van der Waals surface area contributed by atoms with Gasteiger partial charge in [0.25, 0.3) is 5.56 Å². The average Bonchev–Trinajstić information content (AvgIpc) is 2.98. The van der Waals surface area contributed by atoms with Gasteiger partial charge in [-0.1, -0.05) is 13.0 Å². The highest BCUT2D eigenvalue weighted by Gasteiger charge is 2.02. The first-order chi connectivity index (χ1) is 9.29. The summed E-state index contributed by atoms with van der Waals surface area (Å²) in [7, 11) is 0. The van der Waals surface area contributed by atoms with E-state index in [9.17, 15) is 4.79 Å². The van der Waals surface area contributed by atoms with Crippen molar-refractivity contribution in [2.75, 3.05) is 0 Å². The molecule has 0 radical (unpaired) electrons. The summed E-state index contributed by atoms with van der Waals surface area (Å²) >= 11 is 0. The first kappa shape index (κ1) is 11.5. The molecule has 0 fully saturated rings. The predicted octanol–water partition coefficient (Wildman–Crippen LogP) is 0.599. The fourth-order valence-electron chi connectivity index (χ4n) is 2.14. The van der Waals surface area contributed by atoms with Crippen LogP contribution in [0.15, 0.2) is 29.3 Å². The lowest BCUT2D eigenvalue weighted by Gasteiger charge is -1.89. The average molecular weight is 254 g/mol. The van der Waals surface area contributed by atoms with Crippen molar-refractivity contribution >= 4 is 23.2 Å². The minimum atomic E-state index is -0.113. The van der Waals surface area contributed by atoms with Crippen LogP contribution in [-0.2, 0) is 0 Å². The molecule has 0 aliphatic rings. The minimum absolute atomic E-state index is 0.113. The molecule has 0 saturated carbocycles. The quantitative estimate of drug-likeness (QED) is 0.626. The number of fused-ring (bicyclic) bond motifs is 1. The summed E-state index contributed by atoms with van der Waals surface area (Å²) in [5.41, 5.74) is 1.67. The normalized spacial score (nSPS) is 13.5. The first-order valence-electron chi connectivity index (χ1n) is 6.20. The molecule has 3 aromatic rings. The Labute approximate surface area is 108 Å². The highest BCUT2D eigenvalue weighted by Crippen LogP contribution is 2.15. The van der Waals surface area contributed by atoms with Gasteiger partial charge >= 0.3 is 0 Å². The highest BCUT2D eigenvalue weighted by molar-refractivity contribution is 5.85. The summed E-state index contributed by atoms with van der Waals surface area (Å²) in [6.45, 7) is 2.03. The van der Waals surface area contributed by atoms with Crippen molar-refractivity contribution in [3.63, 3.8) is 0 Å². The van der Waals surface area contributed by atoms with Gasteiger partial charge in [0.15, 0.2) is 0 Å². The summed E-state index contributed by atoms with van der Waals surface area (Å²) in [6, 6.07) is 3.86. The maximum atomic E-state index is 11.8. The largest absolute Gasteiger partial charge is 0.346 e. The summed E-state index contributed by atoms with van der Waals surface area (Å²) in [6.07, 6.45) is 8.32. The molecule has 5 heteroatoms. The molecule has 0 aromatic carbocycles. The summed E-state index contributed by atoms with van der Waals surface area (Å²) in [5, 5.41) is 7.97. The van der Waals surface area contributed by atoms with Crippen molar-refractivity contribution < 1.29 is 0 Å². The lowest BCUT2D eigenvalue weighted by atomic mass is 10.2. The Morgan fingerprint density at radius 1 is 1.37 bits per heavy atom. The Bertz CT molecular complexity index is 882.